The highest BCUT2D eigenvalue weighted by molar-refractivity contribution is 5.29. The normalized spacial score (nSPS) is 35.8. The fourth-order valence-electron chi connectivity index (χ4n) is 7.20. The van der Waals surface area contributed by atoms with E-state index in [-0.39, 0.29) is 0 Å². The van der Waals surface area contributed by atoms with Crippen LogP contribution in [0.1, 0.15) is 105 Å². The van der Waals surface area contributed by atoms with Gasteiger partial charge in [0, 0.05) is 0 Å². The number of hydrogen-bond acceptors (Lipinski definition) is 3. The summed E-state index contributed by atoms with van der Waals surface area (Å²) in [5.41, 5.74) is 3.19. The molecule has 182 valence electrons. The molecule has 3 nitrogen and oxygen atoms in total. The van der Waals surface area contributed by atoms with E-state index in [2.05, 4.69) is 46.4 Å². The van der Waals surface area contributed by atoms with Crippen LogP contribution in [0, 0.1) is 23.2 Å². The molecule has 0 unspecified atom stereocenters. The molecule has 3 fully saturated rings. The molecule has 3 heteroatoms. The molecular weight excluding hydrogens is 396 g/mol. The highest BCUT2D eigenvalue weighted by Gasteiger charge is 2.50. The smallest absolute Gasteiger partial charge is 0.0809 e. The number of fused-ring (bicyclic) bond motifs is 1. The molecule has 0 aromatic rings. The van der Waals surface area contributed by atoms with Gasteiger partial charge in [0.1, 0.15) is 0 Å². The van der Waals surface area contributed by atoms with Crippen molar-refractivity contribution < 1.29 is 15.3 Å². The molecule has 3 N–H and O–H groups in total. The molecule has 3 aliphatic carbocycles. The van der Waals surface area contributed by atoms with E-state index in [1.807, 2.05) is 0 Å². The highest BCUT2D eigenvalue weighted by Crippen LogP contribution is 2.60. The maximum absolute atomic E-state index is 10.6. The molecule has 0 bridgehead atoms. The van der Waals surface area contributed by atoms with Crippen molar-refractivity contribution in [1.29, 1.82) is 0 Å². The van der Waals surface area contributed by atoms with Crippen molar-refractivity contribution in [2.75, 3.05) is 0 Å². The van der Waals surface area contributed by atoms with Crippen LogP contribution in [0.3, 0.4) is 0 Å². The quantitative estimate of drug-likeness (QED) is 0.375. The second kappa shape index (κ2) is 10.6. The summed E-state index contributed by atoms with van der Waals surface area (Å²) < 4.78 is 0. The first-order chi connectivity index (χ1) is 15.1. The Morgan fingerprint density at radius 2 is 1.78 bits per heavy atom. The van der Waals surface area contributed by atoms with Crippen molar-refractivity contribution in [2.24, 2.45) is 23.2 Å². The van der Waals surface area contributed by atoms with Crippen molar-refractivity contribution in [1.82, 2.24) is 0 Å². The molecule has 0 radical (unpaired) electrons. The SMILES string of the molecule is C=C1[C@H](O)CC(=CC=C2CCC[C@]3(C)[C@@H]([C@@H](C)CCCC(O)(CC)CC)CC[C@@H]23)C[C@H]1O. The van der Waals surface area contributed by atoms with E-state index in [1.54, 1.807) is 5.57 Å². The van der Waals surface area contributed by atoms with Gasteiger partial charge in [0.05, 0.1) is 17.8 Å². The van der Waals surface area contributed by atoms with Crippen molar-refractivity contribution >= 4 is 0 Å². The van der Waals surface area contributed by atoms with Gasteiger partial charge >= 0.3 is 0 Å². The summed E-state index contributed by atoms with van der Waals surface area (Å²) in [4.78, 5) is 0. The molecule has 0 aromatic heterocycles. The van der Waals surface area contributed by atoms with Gasteiger partial charge < -0.3 is 15.3 Å². The molecule has 0 spiro atoms. The Labute approximate surface area is 196 Å². The Morgan fingerprint density at radius 3 is 2.41 bits per heavy atom. The average Bonchev–Trinajstić information content (AvgIpc) is 3.13. The first kappa shape index (κ1) is 25.7. The average molecular weight is 445 g/mol. The topological polar surface area (TPSA) is 60.7 Å². The van der Waals surface area contributed by atoms with Crippen LogP contribution in [0.15, 0.2) is 35.5 Å². The predicted molar refractivity (Wildman–Crippen MR) is 133 cm³/mol. The number of allylic oxidation sites excluding steroid dienone is 3. The summed E-state index contributed by atoms with van der Waals surface area (Å²) in [6.45, 7) is 13.0. The summed E-state index contributed by atoms with van der Waals surface area (Å²) >= 11 is 0. The fourth-order valence-corrected chi connectivity index (χ4v) is 7.20. The third kappa shape index (κ3) is 5.42. The standard InChI is InChI=1S/C29H48O3/c1-6-29(32,7-2)17-8-10-20(3)24-14-15-25-23(11-9-16-28(24,25)5)13-12-22-18-26(30)21(4)27(31)19-22/h12-13,20,24-27,30-32H,4,6-11,14-19H2,1-3,5H3/t20-,24+,25-,26+,27+,28+/m0/s1. The maximum Gasteiger partial charge on any atom is 0.0809 e. The van der Waals surface area contributed by atoms with Crippen molar-refractivity contribution in [3.63, 3.8) is 0 Å². The molecule has 32 heavy (non-hydrogen) atoms. The monoisotopic (exact) mass is 444 g/mol. The zero-order chi connectivity index (χ0) is 23.5. The van der Waals surface area contributed by atoms with E-state index in [0.717, 1.165) is 37.2 Å². The van der Waals surface area contributed by atoms with E-state index in [4.69, 9.17) is 0 Å². The Bertz CT molecular complexity index is 700. The lowest BCUT2D eigenvalue weighted by Crippen LogP contribution is -2.36. The predicted octanol–water partition coefficient (Wildman–Crippen LogP) is 6.48. The Balaban J connectivity index is 1.65. The minimum Gasteiger partial charge on any atom is -0.390 e. The lowest BCUT2D eigenvalue weighted by molar-refractivity contribution is 0.0178. The Hall–Kier alpha value is -0.900. The summed E-state index contributed by atoms with van der Waals surface area (Å²) in [5, 5.41) is 31.0. The molecule has 3 saturated carbocycles. The second-order valence-electron chi connectivity index (χ2n) is 11.5. The van der Waals surface area contributed by atoms with Crippen LogP contribution in [0.5, 0.6) is 0 Å². The molecule has 0 amide bonds. The molecule has 0 saturated heterocycles. The fraction of sp³-hybridized carbons (Fsp3) is 0.793. The molecular formula is C29H48O3. The van der Waals surface area contributed by atoms with E-state index < -0.39 is 17.8 Å². The Kier molecular flexibility index (Phi) is 8.50. The van der Waals surface area contributed by atoms with Crippen LogP contribution in [0.4, 0.5) is 0 Å². The van der Waals surface area contributed by atoms with Crippen LogP contribution in [-0.2, 0) is 0 Å². The summed E-state index contributed by atoms with van der Waals surface area (Å²) in [6, 6.07) is 0. The minimum absolute atomic E-state index is 0.383. The van der Waals surface area contributed by atoms with Crippen molar-refractivity contribution in [3.8, 4) is 0 Å². The van der Waals surface area contributed by atoms with Crippen LogP contribution in [0.25, 0.3) is 0 Å². The van der Waals surface area contributed by atoms with Crippen LogP contribution >= 0.6 is 0 Å². The number of rotatable bonds is 8. The van der Waals surface area contributed by atoms with Crippen LogP contribution in [-0.4, -0.2) is 33.1 Å². The largest absolute Gasteiger partial charge is 0.390 e. The number of aliphatic hydroxyl groups excluding tert-OH is 2. The van der Waals surface area contributed by atoms with Gasteiger partial charge in [-0.1, -0.05) is 70.4 Å². The minimum atomic E-state index is -0.616. The third-order valence-corrected chi connectivity index (χ3v) is 9.64. The second-order valence-corrected chi connectivity index (χ2v) is 11.5. The van der Waals surface area contributed by atoms with Gasteiger partial charge in [-0.25, -0.2) is 0 Å². The summed E-state index contributed by atoms with van der Waals surface area (Å²) in [5.74, 6) is 2.13. The van der Waals surface area contributed by atoms with Gasteiger partial charge in [-0.05, 0) is 93.0 Å². The van der Waals surface area contributed by atoms with Gasteiger partial charge in [0.2, 0.25) is 0 Å². The van der Waals surface area contributed by atoms with E-state index >= 15 is 0 Å². The van der Waals surface area contributed by atoms with Gasteiger partial charge in [-0.2, -0.15) is 0 Å². The molecule has 6 atom stereocenters. The lowest BCUT2D eigenvalue weighted by Gasteiger charge is -2.44. The molecule has 3 rings (SSSR count). The third-order valence-electron chi connectivity index (χ3n) is 9.64. The molecule has 0 heterocycles. The lowest BCUT2D eigenvalue weighted by atomic mass is 9.60. The van der Waals surface area contributed by atoms with Gasteiger partial charge in [-0.3, -0.25) is 0 Å². The van der Waals surface area contributed by atoms with Crippen molar-refractivity contribution in [3.05, 3.63) is 35.5 Å². The maximum atomic E-state index is 10.6. The summed E-state index contributed by atoms with van der Waals surface area (Å²) in [7, 11) is 0. The van der Waals surface area contributed by atoms with Gasteiger partial charge in [0.25, 0.3) is 0 Å². The first-order valence-corrected chi connectivity index (χ1v) is 13.3. The molecule has 3 aliphatic rings. The van der Waals surface area contributed by atoms with Gasteiger partial charge in [0.15, 0.2) is 0 Å². The van der Waals surface area contributed by atoms with Crippen molar-refractivity contribution in [2.45, 2.75) is 123 Å². The number of aliphatic hydroxyl groups is 3. The van der Waals surface area contributed by atoms with Crippen LogP contribution < -0.4 is 0 Å². The van der Waals surface area contributed by atoms with E-state index in [9.17, 15) is 15.3 Å². The number of hydrogen-bond donors (Lipinski definition) is 3. The Morgan fingerprint density at radius 1 is 1.12 bits per heavy atom. The van der Waals surface area contributed by atoms with Gasteiger partial charge in [-0.15, -0.1) is 0 Å². The summed E-state index contributed by atoms with van der Waals surface area (Å²) in [6.07, 6.45) is 15.9. The zero-order valence-electron chi connectivity index (χ0n) is 21.1. The van der Waals surface area contributed by atoms with E-state index in [0.29, 0.717) is 35.7 Å². The molecule has 0 aliphatic heterocycles. The zero-order valence-corrected chi connectivity index (χ0v) is 21.1. The van der Waals surface area contributed by atoms with Crippen LogP contribution in [0.2, 0.25) is 0 Å². The molecule has 0 aromatic carbocycles. The first-order valence-electron chi connectivity index (χ1n) is 13.3. The highest BCUT2D eigenvalue weighted by atomic mass is 16.3. The van der Waals surface area contributed by atoms with E-state index in [1.165, 1.54) is 38.5 Å².